The van der Waals surface area contributed by atoms with Crippen molar-refractivity contribution < 1.29 is 4.79 Å². The van der Waals surface area contributed by atoms with Crippen molar-refractivity contribution in [1.82, 2.24) is 0 Å². The third-order valence-electron chi connectivity index (χ3n) is 8.90. The summed E-state index contributed by atoms with van der Waals surface area (Å²) in [5, 5.41) is 7.26. The second-order valence-electron chi connectivity index (χ2n) is 12.2. The molecule has 0 bridgehead atoms. The van der Waals surface area contributed by atoms with Crippen molar-refractivity contribution in [2.24, 2.45) is 0 Å². The molecule has 7 aromatic rings. The molecule has 248 valence electrons. The molecular weight excluding hydrogens is 656 g/mol. The van der Waals surface area contributed by atoms with E-state index in [0.29, 0.717) is 0 Å². The second-order valence-corrected chi connectivity index (χ2v) is 16.6. The third-order valence-corrected chi connectivity index (χ3v) is 13.8. The maximum atomic E-state index is 15.1. The van der Waals surface area contributed by atoms with Crippen molar-refractivity contribution >= 4 is 65.3 Å². The molecule has 0 aliphatic heterocycles. The zero-order valence-corrected chi connectivity index (χ0v) is 30.3. The van der Waals surface area contributed by atoms with Gasteiger partial charge in [-0.1, -0.05) is 200 Å². The zero-order chi connectivity index (χ0) is 34.8. The summed E-state index contributed by atoms with van der Waals surface area (Å²) < 4.78 is 0. The first-order valence-corrected chi connectivity index (χ1v) is 19.9. The number of benzene rings is 7. The number of carbonyl (C=O) groups is 1. The van der Waals surface area contributed by atoms with Crippen molar-refractivity contribution in [3.8, 4) is 0 Å². The van der Waals surface area contributed by atoms with Crippen molar-refractivity contribution in [1.29, 1.82) is 0 Å². The van der Waals surface area contributed by atoms with Gasteiger partial charge in [-0.25, -0.2) is 0 Å². The van der Waals surface area contributed by atoms with Crippen LogP contribution in [-0.4, -0.2) is 5.91 Å². The van der Waals surface area contributed by atoms with Crippen LogP contribution in [0.1, 0.15) is 24.1 Å². The first-order valence-electron chi connectivity index (χ1n) is 17.2. The summed E-state index contributed by atoms with van der Waals surface area (Å²) in [5.41, 5.74) is 3.04. The van der Waals surface area contributed by atoms with Crippen LogP contribution in [0.5, 0.6) is 0 Å². The molecule has 1 amide bonds. The molecule has 4 heteroatoms. The van der Waals surface area contributed by atoms with E-state index in [2.05, 4.69) is 176 Å². The first kappa shape index (κ1) is 34.1. The first-order chi connectivity index (χ1) is 25.2. The molecule has 0 unspecified atom stereocenters. The van der Waals surface area contributed by atoms with Gasteiger partial charge in [-0.2, -0.15) is 0 Å². The number of hydrogen-bond acceptors (Lipinski definition) is 1. The Hall–Kier alpha value is -5.39. The van der Waals surface area contributed by atoms with Crippen LogP contribution in [0, 0.1) is 0 Å². The van der Waals surface area contributed by atoms with E-state index in [4.69, 9.17) is 0 Å². The van der Waals surface area contributed by atoms with E-state index in [0.717, 1.165) is 27.4 Å². The SMILES string of the molecule is C[C@@H](c1ccccc1)N(C(=O)/C=C\c1ccccc1)c1c(P(c2ccccc2)c2ccccc2)cccc1P(c1ccccc1)c1ccccc1. The Labute approximate surface area is 304 Å². The predicted molar refractivity (Wildman–Crippen MR) is 222 cm³/mol. The van der Waals surface area contributed by atoms with E-state index in [1.54, 1.807) is 6.08 Å². The molecule has 0 saturated heterocycles. The Kier molecular flexibility index (Phi) is 11.1. The van der Waals surface area contributed by atoms with E-state index in [1.807, 2.05) is 42.5 Å². The summed E-state index contributed by atoms with van der Waals surface area (Å²) in [4.78, 5) is 17.2. The fourth-order valence-electron chi connectivity index (χ4n) is 6.48. The minimum absolute atomic E-state index is 0.0592. The smallest absolute Gasteiger partial charge is 0.251 e. The van der Waals surface area contributed by atoms with Crippen LogP contribution < -0.4 is 36.7 Å². The average molecular weight is 696 g/mol. The number of nitrogens with zero attached hydrogens (tertiary/aromatic N) is 1. The molecule has 0 aliphatic rings. The van der Waals surface area contributed by atoms with Gasteiger partial charge < -0.3 is 4.90 Å². The van der Waals surface area contributed by atoms with Crippen LogP contribution >= 0.6 is 15.8 Å². The van der Waals surface area contributed by atoms with E-state index >= 15 is 4.79 Å². The standard InChI is InChI=1S/C47H39NOP2/c1-37(39-23-10-3-11-24-39)48(46(49)36-35-38-21-8-2-9-22-38)47-44(50(40-25-12-4-13-26-40)41-27-14-5-15-28-41)33-20-34-45(47)51(42-29-16-6-17-30-42)43-31-18-7-19-32-43/h2-37H,1H3/b36-35-/t37-/m0/s1. The van der Waals surface area contributed by atoms with Crippen LogP contribution in [0.4, 0.5) is 5.69 Å². The number of anilines is 1. The van der Waals surface area contributed by atoms with Gasteiger partial charge in [0.2, 0.25) is 0 Å². The summed E-state index contributed by atoms with van der Waals surface area (Å²) in [6.45, 7) is 2.16. The van der Waals surface area contributed by atoms with Crippen LogP contribution in [0.25, 0.3) is 6.08 Å². The maximum absolute atomic E-state index is 15.1. The fourth-order valence-corrected chi connectivity index (χ4v) is 11.5. The molecule has 0 radical (unpaired) electrons. The number of rotatable bonds is 11. The highest BCUT2D eigenvalue weighted by molar-refractivity contribution is 7.81. The molecule has 1 atom stereocenters. The molecule has 0 heterocycles. The Bertz CT molecular complexity index is 2000. The summed E-state index contributed by atoms with van der Waals surface area (Å²) in [7, 11) is -2.11. The van der Waals surface area contributed by atoms with Gasteiger partial charge in [0.15, 0.2) is 0 Å². The highest BCUT2D eigenvalue weighted by Gasteiger charge is 2.33. The van der Waals surface area contributed by atoms with Crippen LogP contribution in [0.3, 0.4) is 0 Å². The second kappa shape index (κ2) is 16.5. The van der Waals surface area contributed by atoms with Crippen molar-refractivity contribution in [2.45, 2.75) is 13.0 Å². The van der Waals surface area contributed by atoms with Crippen molar-refractivity contribution in [2.75, 3.05) is 4.90 Å². The number of carbonyl (C=O) groups excluding carboxylic acids is 1. The lowest BCUT2D eigenvalue weighted by Crippen LogP contribution is -2.41. The van der Waals surface area contributed by atoms with Gasteiger partial charge in [-0.05, 0) is 61.2 Å². The van der Waals surface area contributed by atoms with Crippen molar-refractivity contribution in [3.05, 3.63) is 217 Å². The number of amides is 1. The molecule has 0 N–H and O–H groups in total. The highest BCUT2D eigenvalue weighted by Crippen LogP contribution is 2.43. The third kappa shape index (κ3) is 7.84. The van der Waals surface area contributed by atoms with Gasteiger partial charge in [-0.3, -0.25) is 4.79 Å². The van der Waals surface area contributed by atoms with Gasteiger partial charge in [0, 0.05) is 16.7 Å². The molecule has 0 aromatic heterocycles. The lowest BCUT2D eigenvalue weighted by atomic mass is 10.1. The van der Waals surface area contributed by atoms with Crippen molar-refractivity contribution in [3.63, 3.8) is 0 Å². The Morgan fingerprint density at radius 3 is 1.22 bits per heavy atom. The minimum atomic E-state index is -1.06. The molecule has 0 fully saturated rings. The Morgan fingerprint density at radius 1 is 0.471 bits per heavy atom. The monoisotopic (exact) mass is 695 g/mol. The molecular formula is C47H39NOP2. The fraction of sp³-hybridized carbons (Fsp3) is 0.0426. The molecule has 0 spiro atoms. The molecule has 51 heavy (non-hydrogen) atoms. The normalized spacial score (nSPS) is 11.9. The van der Waals surface area contributed by atoms with Gasteiger partial charge in [0.05, 0.1) is 11.7 Å². The van der Waals surface area contributed by atoms with Crippen LogP contribution in [0.2, 0.25) is 0 Å². The topological polar surface area (TPSA) is 20.3 Å². The number of hydrogen-bond donors (Lipinski definition) is 0. The lowest BCUT2D eigenvalue weighted by Gasteiger charge is -2.36. The summed E-state index contributed by atoms with van der Waals surface area (Å²) in [5.74, 6) is -0.0592. The maximum Gasteiger partial charge on any atom is 0.251 e. The Morgan fingerprint density at radius 2 is 0.824 bits per heavy atom. The van der Waals surface area contributed by atoms with E-state index in [-0.39, 0.29) is 11.9 Å². The molecule has 7 aromatic carbocycles. The van der Waals surface area contributed by atoms with Gasteiger partial charge in [0.25, 0.3) is 5.91 Å². The van der Waals surface area contributed by atoms with Gasteiger partial charge >= 0.3 is 0 Å². The largest absolute Gasteiger partial charge is 0.300 e. The van der Waals surface area contributed by atoms with E-state index in [1.165, 1.54) is 21.2 Å². The quantitative estimate of drug-likeness (QED) is 0.0978. The predicted octanol–water partition coefficient (Wildman–Crippen LogP) is 9.01. The van der Waals surface area contributed by atoms with Crippen LogP contribution in [0.15, 0.2) is 206 Å². The zero-order valence-electron chi connectivity index (χ0n) is 28.5. The molecule has 0 saturated carbocycles. The minimum Gasteiger partial charge on any atom is -0.300 e. The molecule has 0 aliphatic carbocycles. The summed E-state index contributed by atoms with van der Waals surface area (Å²) in [6, 6.07) is 70.0. The average Bonchev–Trinajstić information content (AvgIpc) is 3.20. The molecule has 7 rings (SSSR count). The highest BCUT2D eigenvalue weighted by atomic mass is 31.1. The number of para-hydroxylation sites is 1. The summed E-state index contributed by atoms with van der Waals surface area (Å²) >= 11 is 0. The molecule has 2 nitrogen and oxygen atoms in total. The Balaban J connectivity index is 1.55. The van der Waals surface area contributed by atoms with Gasteiger partial charge in [-0.15, -0.1) is 0 Å². The van der Waals surface area contributed by atoms with E-state index in [9.17, 15) is 0 Å². The van der Waals surface area contributed by atoms with E-state index < -0.39 is 15.8 Å². The van der Waals surface area contributed by atoms with Crippen LogP contribution in [-0.2, 0) is 4.79 Å². The summed E-state index contributed by atoms with van der Waals surface area (Å²) in [6.07, 6.45) is 3.68. The lowest BCUT2D eigenvalue weighted by molar-refractivity contribution is -0.114. The van der Waals surface area contributed by atoms with Gasteiger partial charge in [0.1, 0.15) is 0 Å².